The van der Waals surface area contributed by atoms with Crippen LogP contribution in [-0.2, 0) is 9.59 Å². The predicted octanol–water partition coefficient (Wildman–Crippen LogP) is -0.859. The van der Waals surface area contributed by atoms with Crippen LogP contribution >= 0.6 is 0 Å². The molecule has 0 aromatic heterocycles. The fourth-order valence-electron chi connectivity index (χ4n) is 0.708. The zero-order valence-electron chi connectivity index (χ0n) is 5.81. The van der Waals surface area contributed by atoms with Gasteiger partial charge in [-0.05, 0) is 0 Å². The first-order chi connectivity index (χ1) is 5.52. The average Bonchev–Trinajstić information content (AvgIpc) is 1.96. The number of ketones is 2. The molecule has 0 fully saturated rings. The summed E-state index contributed by atoms with van der Waals surface area (Å²) in [4.78, 5) is 30.7. The summed E-state index contributed by atoms with van der Waals surface area (Å²) in [5, 5.41) is 10.1. The fourth-order valence-corrected chi connectivity index (χ4v) is 0.708. The van der Waals surface area contributed by atoms with Gasteiger partial charge in [0, 0.05) is 6.08 Å². The van der Waals surface area contributed by atoms with E-state index in [0.717, 1.165) is 6.08 Å². The molecular formula is C6H4N2O4. The Morgan fingerprint density at radius 2 is 1.83 bits per heavy atom. The van der Waals surface area contributed by atoms with Crippen molar-refractivity contribution in [1.82, 2.24) is 0 Å². The molecule has 12 heavy (non-hydrogen) atoms. The van der Waals surface area contributed by atoms with Gasteiger partial charge in [-0.25, -0.2) is 0 Å². The Kier molecular flexibility index (Phi) is 1.74. The maximum atomic E-state index is 10.8. The molecule has 1 aliphatic carbocycles. The second kappa shape index (κ2) is 2.57. The largest absolute Gasteiger partial charge is 0.395 e. The van der Waals surface area contributed by atoms with Crippen molar-refractivity contribution in [2.75, 3.05) is 0 Å². The van der Waals surface area contributed by atoms with E-state index in [2.05, 4.69) is 0 Å². The molecule has 2 N–H and O–H groups in total. The van der Waals surface area contributed by atoms with Crippen LogP contribution in [0.25, 0.3) is 0 Å². The Bertz CT molecular complexity index is 339. The highest BCUT2D eigenvalue weighted by molar-refractivity contribution is 6.18. The van der Waals surface area contributed by atoms with Crippen LogP contribution in [0.15, 0.2) is 23.5 Å². The molecular weight excluding hydrogens is 164 g/mol. The van der Waals surface area contributed by atoms with Gasteiger partial charge in [0.1, 0.15) is 0 Å². The molecule has 0 atom stereocenters. The first-order valence-electron chi connectivity index (χ1n) is 2.94. The highest BCUT2D eigenvalue weighted by Crippen LogP contribution is 2.08. The van der Waals surface area contributed by atoms with Gasteiger partial charge in [0.15, 0.2) is 0 Å². The second-order valence-electron chi connectivity index (χ2n) is 2.11. The third kappa shape index (κ3) is 1.22. The Hall–Kier alpha value is -1.98. The van der Waals surface area contributed by atoms with Crippen molar-refractivity contribution in [3.05, 3.63) is 33.7 Å². The molecule has 0 aromatic rings. The van der Waals surface area contributed by atoms with Crippen LogP contribution in [0.4, 0.5) is 0 Å². The van der Waals surface area contributed by atoms with Gasteiger partial charge >= 0.3 is 5.70 Å². The summed E-state index contributed by atoms with van der Waals surface area (Å²) in [6.45, 7) is 0. The summed E-state index contributed by atoms with van der Waals surface area (Å²) in [5.41, 5.74) is 4.04. The molecule has 0 amide bonds. The van der Waals surface area contributed by atoms with Crippen LogP contribution in [0.5, 0.6) is 0 Å². The van der Waals surface area contributed by atoms with E-state index in [9.17, 15) is 19.7 Å². The standard InChI is InChI=1S/C6H4N2O4/c7-3-1-6(10)4(8(11)12)2-5(3)9/h1-2H,7H2. The molecule has 0 heterocycles. The molecule has 1 rings (SSSR count). The molecule has 0 saturated carbocycles. The van der Waals surface area contributed by atoms with E-state index in [-0.39, 0.29) is 5.70 Å². The lowest BCUT2D eigenvalue weighted by Crippen LogP contribution is -2.21. The van der Waals surface area contributed by atoms with E-state index in [0.29, 0.717) is 6.08 Å². The number of hydrogen-bond donors (Lipinski definition) is 1. The Morgan fingerprint density at radius 1 is 1.25 bits per heavy atom. The van der Waals surface area contributed by atoms with Crippen molar-refractivity contribution in [1.29, 1.82) is 0 Å². The normalized spacial score (nSPS) is 17.0. The van der Waals surface area contributed by atoms with Crippen molar-refractivity contribution in [2.24, 2.45) is 5.73 Å². The number of hydrogen-bond acceptors (Lipinski definition) is 5. The third-order valence-electron chi connectivity index (χ3n) is 1.29. The minimum atomic E-state index is -0.914. The molecule has 0 aliphatic heterocycles. The summed E-state index contributed by atoms with van der Waals surface area (Å²) in [6.07, 6.45) is 1.37. The van der Waals surface area contributed by atoms with E-state index in [1.807, 2.05) is 0 Å². The van der Waals surface area contributed by atoms with Crippen LogP contribution < -0.4 is 5.73 Å². The summed E-state index contributed by atoms with van der Waals surface area (Å²) >= 11 is 0. The number of carbonyl (C=O) groups excluding carboxylic acids is 2. The topological polar surface area (TPSA) is 103 Å². The molecule has 0 spiro atoms. The Balaban J connectivity index is 3.09. The summed E-state index contributed by atoms with van der Waals surface area (Å²) in [7, 11) is 0. The molecule has 0 saturated heterocycles. The van der Waals surface area contributed by atoms with Crippen LogP contribution in [0.1, 0.15) is 0 Å². The van der Waals surface area contributed by atoms with E-state index in [1.165, 1.54) is 0 Å². The van der Waals surface area contributed by atoms with Crippen molar-refractivity contribution in [2.45, 2.75) is 0 Å². The number of nitrogens with zero attached hydrogens (tertiary/aromatic N) is 1. The van der Waals surface area contributed by atoms with Gasteiger partial charge in [-0.2, -0.15) is 0 Å². The second-order valence-corrected chi connectivity index (χ2v) is 2.11. The smallest absolute Gasteiger partial charge is 0.320 e. The third-order valence-corrected chi connectivity index (χ3v) is 1.29. The number of nitrogens with two attached hydrogens (primary N) is 1. The van der Waals surface area contributed by atoms with Gasteiger partial charge in [0.2, 0.25) is 5.78 Å². The summed E-state index contributed by atoms with van der Waals surface area (Å²) in [5.74, 6) is -1.56. The molecule has 6 nitrogen and oxygen atoms in total. The molecule has 0 radical (unpaired) electrons. The Morgan fingerprint density at radius 3 is 2.33 bits per heavy atom. The van der Waals surface area contributed by atoms with Gasteiger partial charge in [-0.1, -0.05) is 0 Å². The highest BCUT2D eigenvalue weighted by Gasteiger charge is 2.26. The predicted molar refractivity (Wildman–Crippen MR) is 37.4 cm³/mol. The van der Waals surface area contributed by atoms with Gasteiger partial charge in [0.25, 0.3) is 5.78 Å². The SMILES string of the molecule is NC1=CC(=O)C([N+](=O)[O-])=CC1=O. The summed E-state index contributed by atoms with van der Waals surface area (Å²) in [6, 6.07) is 0. The minimum absolute atomic E-state index is 0.273. The summed E-state index contributed by atoms with van der Waals surface area (Å²) < 4.78 is 0. The van der Waals surface area contributed by atoms with Crippen molar-refractivity contribution >= 4 is 11.6 Å². The molecule has 62 valence electrons. The van der Waals surface area contributed by atoms with Gasteiger partial charge in [-0.15, -0.1) is 0 Å². The van der Waals surface area contributed by atoms with Crippen LogP contribution in [-0.4, -0.2) is 16.5 Å². The van der Waals surface area contributed by atoms with Crippen LogP contribution in [0.3, 0.4) is 0 Å². The van der Waals surface area contributed by atoms with Gasteiger partial charge in [-0.3, -0.25) is 19.7 Å². The first kappa shape index (κ1) is 8.12. The van der Waals surface area contributed by atoms with E-state index >= 15 is 0 Å². The van der Waals surface area contributed by atoms with E-state index in [4.69, 9.17) is 5.73 Å². The van der Waals surface area contributed by atoms with Crippen LogP contribution in [0.2, 0.25) is 0 Å². The molecule has 0 aromatic carbocycles. The Labute approximate surface area is 66.5 Å². The fraction of sp³-hybridized carbons (Fsp3) is 0. The van der Waals surface area contributed by atoms with Gasteiger partial charge in [0.05, 0.1) is 16.7 Å². The molecule has 1 aliphatic rings. The molecule has 0 bridgehead atoms. The number of allylic oxidation sites excluding steroid dienone is 2. The quantitative estimate of drug-likeness (QED) is 0.311. The maximum absolute atomic E-state index is 10.8. The van der Waals surface area contributed by atoms with Gasteiger partial charge < -0.3 is 5.73 Å². The zero-order chi connectivity index (χ0) is 9.30. The number of carbonyl (C=O) groups is 2. The maximum Gasteiger partial charge on any atom is 0.320 e. The highest BCUT2D eigenvalue weighted by atomic mass is 16.6. The first-order valence-corrected chi connectivity index (χ1v) is 2.94. The van der Waals surface area contributed by atoms with E-state index in [1.54, 1.807) is 0 Å². The number of rotatable bonds is 1. The van der Waals surface area contributed by atoms with Crippen LogP contribution in [0, 0.1) is 10.1 Å². The molecule has 6 heteroatoms. The lowest BCUT2D eigenvalue weighted by atomic mass is 10.1. The monoisotopic (exact) mass is 168 g/mol. The zero-order valence-corrected chi connectivity index (χ0v) is 5.81. The van der Waals surface area contributed by atoms with Crippen molar-refractivity contribution in [3.8, 4) is 0 Å². The van der Waals surface area contributed by atoms with E-state index < -0.39 is 22.2 Å². The van der Waals surface area contributed by atoms with Crippen molar-refractivity contribution < 1.29 is 14.5 Å². The average molecular weight is 168 g/mol. The molecule has 0 unspecified atom stereocenters. The minimum Gasteiger partial charge on any atom is -0.395 e. The number of nitro groups is 1. The lowest BCUT2D eigenvalue weighted by Gasteiger charge is -2.00. The van der Waals surface area contributed by atoms with Crippen molar-refractivity contribution in [3.63, 3.8) is 0 Å². The lowest BCUT2D eigenvalue weighted by molar-refractivity contribution is -0.418.